The number of aliphatic hydroxyl groups excluding tert-OH is 1. The molecule has 0 bridgehead atoms. The highest BCUT2D eigenvalue weighted by atomic mass is 16.3. The summed E-state index contributed by atoms with van der Waals surface area (Å²) in [6.07, 6.45) is 0.308. The molecule has 5 heteroatoms. The molecule has 5 nitrogen and oxygen atoms in total. The minimum Gasteiger partial charge on any atom is -0.378 e. The van der Waals surface area contributed by atoms with Crippen LogP contribution in [0.15, 0.2) is 36.5 Å². The standard InChI is InChI=1S/C11H11N3O2/c12-14-11(16)10(15)8-5-1-3-7-4-2-6-13-9(7)8/h1-6,10,15H,12H2,(H,14,16). The highest BCUT2D eigenvalue weighted by Crippen LogP contribution is 2.22. The van der Waals surface area contributed by atoms with Crippen molar-refractivity contribution in [3.63, 3.8) is 0 Å². The van der Waals surface area contributed by atoms with Gasteiger partial charge in [0.25, 0.3) is 5.91 Å². The van der Waals surface area contributed by atoms with Crippen molar-refractivity contribution in [1.29, 1.82) is 0 Å². The number of nitrogens with zero attached hydrogens (tertiary/aromatic N) is 1. The number of amides is 1. The fourth-order valence-corrected chi connectivity index (χ4v) is 1.57. The SMILES string of the molecule is NNC(=O)C(O)c1cccc2cccnc12. The molecule has 1 heterocycles. The molecule has 4 N–H and O–H groups in total. The molecular weight excluding hydrogens is 206 g/mol. The summed E-state index contributed by atoms with van der Waals surface area (Å²) < 4.78 is 0. The quantitative estimate of drug-likeness (QED) is 0.382. The van der Waals surface area contributed by atoms with Crippen molar-refractivity contribution in [1.82, 2.24) is 10.4 Å². The fraction of sp³-hybridized carbons (Fsp3) is 0.0909. The maximum Gasteiger partial charge on any atom is 0.267 e. The molecule has 1 atom stereocenters. The molecule has 0 aliphatic rings. The molecule has 82 valence electrons. The van der Waals surface area contributed by atoms with E-state index in [0.717, 1.165) is 5.39 Å². The van der Waals surface area contributed by atoms with Crippen molar-refractivity contribution in [3.8, 4) is 0 Å². The number of carbonyl (C=O) groups is 1. The van der Waals surface area contributed by atoms with E-state index in [1.165, 1.54) is 0 Å². The average Bonchev–Trinajstić information content (AvgIpc) is 2.36. The van der Waals surface area contributed by atoms with Crippen LogP contribution in [0, 0.1) is 0 Å². The Hall–Kier alpha value is -1.98. The number of para-hydroxylation sites is 1. The smallest absolute Gasteiger partial charge is 0.267 e. The van der Waals surface area contributed by atoms with E-state index in [4.69, 9.17) is 5.84 Å². The van der Waals surface area contributed by atoms with Crippen LogP contribution in [0.5, 0.6) is 0 Å². The Morgan fingerprint density at radius 1 is 1.38 bits per heavy atom. The lowest BCUT2D eigenvalue weighted by molar-refractivity contribution is -0.129. The molecule has 0 aliphatic carbocycles. The van der Waals surface area contributed by atoms with Gasteiger partial charge in [0.1, 0.15) is 0 Å². The van der Waals surface area contributed by atoms with Gasteiger partial charge in [0.05, 0.1) is 5.52 Å². The van der Waals surface area contributed by atoms with Gasteiger partial charge in [0.2, 0.25) is 0 Å². The zero-order valence-corrected chi connectivity index (χ0v) is 8.42. The van der Waals surface area contributed by atoms with Crippen molar-refractivity contribution in [2.75, 3.05) is 0 Å². The average molecular weight is 217 g/mol. The van der Waals surface area contributed by atoms with Gasteiger partial charge in [0, 0.05) is 17.1 Å². The monoisotopic (exact) mass is 217 g/mol. The summed E-state index contributed by atoms with van der Waals surface area (Å²) in [5.74, 6) is 4.32. The van der Waals surface area contributed by atoms with E-state index in [9.17, 15) is 9.90 Å². The van der Waals surface area contributed by atoms with E-state index in [2.05, 4.69) is 4.98 Å². The Kier molecular flexibility index (Phi) is 2.80. The fourth-order valence-electron chi connectivity index (χ4n) is 1.57. The van der Waals surface area contributed by atoms with Crippen LogP contribution in [0.1, 0.15) is 11.7 Å². The first kappa shape index (κ1) is 10.5. The van der Waals surface area contributed by atoms with Crippen molar-refractivity contribution < 1.29 is 9.90 Å². The van der Waals surface area contributed by atoms with E-state index in [0.29, 0.717) is 11.1 Å². The topological polar surface area (TPSA) is 88.2 Å². The molecule has 0 fully saturated rings. The first-order valence-corrected chi connectivity index (χ1v) is 4.76. The molecule has 1 aromatic heterocycles. The number of nitrogens with one attached hydrogen (secondary N) is 1. The predicted molar refractivity (Wildman–Crippen MR) is 59.0 cm³/mol. The van der Waals surface area contributed by atoms with E-state index in [1.54, 1.807) is 24.4 Å². The van der Waals surface area contributed by atoms with E-state index in [1.807, 2.05) is 17.6 Å². The molecule has 2 rings (SSSR count). The predicted octanol–water partition coefficient (Wildman–Crippen LogP) is 0.258. The van der Waals surface area contributed by atoms with Crippen molar-refractivity contribution in [3.05, 3.63) is 42.1 Å². The highest BCUT2D eigenvalue weighted by Gasteiger charge is 2.18. The van der Waals surface area contributed by atoms with Crippen LogP contribution in [-0.2, 0) is 4.79 Å². The Morgan fingerprint density at radius 2 is 2.12 bits per heavy atom. The van der Waals surface area contributed by atoms with Gasteiger partial charge in [-0.05, 0) is 6.07 Å². The number of pyridine rings is 1. The van der Waals surface area contributed by atoms with Crippen LogP contribution in [-0.4, -0.2) is 16.0 Å². The molecular formula is C11H11N3O2. The molecule has 2 aromatic rings. The zero-order valence-electron chi connectivity index (χ0n) is 8.42. The summed E-state index contributed by atoms with van der Waals surface area (Å²) in [7, 11) is 0. The molecule has 1 aromatic carbocycles. The number of aliphatic hydroxyl groups is 1. The summed E-state index contributed by atoms with van der Waals surface area (Å²) in [6, 6.07) is 8.92. The lowest BCUT2D eigenvalue weighted by Crippen LogP contribution is -2.34. The minimum absolute atomic E-state index is 0.445. The van der Waals surface area contributed by atoms with Crippen LogP contribution in [0.2, 0.25) is 0 Å². The Labute approximate surface area is 91.9 Å². The number of nitrogens with two attached hydrogens (primary N) is 1. The second-order valence-electron chi connectivity index (χ2n) is 3.33. The number of benzene rings is 1. The lowest BCUT2D eigenvalue weighted by Gasteiger charge is -2.11. The summed E-state index contributed by atoms with van der Waals surface area (Å²) in [4.78, 5) is 15.4. The number of aromatic nitrogens is 1. The maximum absolute atomic E-state index is 11.2. The summed E-state index contributed by atoms with van der Waals surface area (Å²) >= 11 is 0. The Bertz CT molecular complexity index is 522. The number of hydrogen-bond acceptors (Lipinski definition) is 4. The normalized spacial score (nSPS) is 12.4. The van der Waals surface area contributed by atoms with Gasteiger partial charge in [-0.1, -0.05) is 24.3 Å². The Morgan fingerprint density at radius 3 is 2.88 bits per heavy atom. The number of hydrogen-bond donors (Lipinski definition) is 3. The Balaban J connectivity index is 2.56. The molecule has 0 saturated carbocycles. The molecule has 1 amide bonds. The largest absolute Gasteiger partial charge is 0.378 e. The van der Waals surface area contributed by atoms with Crippen LogP contribution in [0.25, 0.3) is 10.9 Å². The van der Waals surface area contributed by atoms with Gasteiger partial charge in [-0.2, -0.15) is 0 Å². The molecule has 16 heavy (non-hydrogen) atoms. The second-order valence-corrected chi connectivity index (χ2v) is 3.33. The maximum atomic E-state index is 11.2. The number of carbonyl (C=O) groups excluding carboxylic acids is 1. The second kappa shape index (κ2) is 4.26. The number of rotatable bonds is 2. The van der Waals surface area contributed by atoms with E-state index < -0.39 is 12.0 Å². The summed E-state index contributed by atoms with van der Waals surface area (Å²) in [6.45, 7) is 0. The van der Waals surface area contributed by atoms with Gasteiger partial charge in [-0.15, -0.1) is 0 Å². The van der Waals surface area contributed by atoms with Crippen LogP contribution >= 0.6 is 0 Å². The van der Waals surface area contributed by atoms with Crippen molar-refractivity contribution in [2.24, 2.45) is 5.84 Å². The van der Waals surface area contributed by atoms with Crippen molar-refractivity contribution >= 4 is 16.8 Å². The number of hydrazine groups is 1. The summed E-state index contributed by atoms with van der Waals surface area (Å²) in [5.41, 5.74) is 2.95. The van der Waals surface area contributed by atoms with Crippen molar-refractivity contribution in [2.45, 2.75) is 6.10 Å². The molecule has 0 spiro atoms. The summed E-state index contributed by atoms with van der Waals surface area (Å²) in [5, 5.41) is 10.6. The highest BCUT2D eigenvalue weighted by molar-refractivity contribution is 5.89. The van der Waals surface area contributed by atoms with Crippen LogP contribution < -0.4 is 11.3 Å². The third-order valence-electron chi connectivity index (χ3n) is 2.35. The van der Waals surface area contributed by atoms with Gasteiger partial charge in [0.15, 0.2) is 6.10 Å². The van der Waals surface area contributed by atoms with E-state index in [-0.39, 0.29) is 0 Å². The molecule has 1 unspecified atom stereocenters. The third kappa shape index (κ3) is 1.73. The number of fused-ring (bicyclic) bond motifs is 1. The van der Waals surface area contributed by atoms with Gasteiger partial charge >= 0.3 is 0 Å². The van der Waals surface area contributed by atoms with Gasteiger partial charge in [-0.3, -0.25) is 15.2 Å². The van der Waals surface area contributed by atoms with Crippen LogP contribution in [0.3, 0.4) is 0 Å². The molecule has 0 aliphatic heterocycles. The van der Waals surface area contributed by atoms with E-state index >= 15 is 0 Å². The first-order valence-electron chi connectivity index (χ1n) is 4.76. The molecule has 0 saturated heterocycles. The lowest BCUT2D eigenvalue weighted by atomic mass is 10.0. The van der Waals surface area contributed by atoms with Crippen LogP contribution in [0.4, 0.5) is 0 Å². The molecule has 0 radical (unpaired) electrons. The van der Waals surface area contributed by atoms with Gasteiger partial charge in [-0.25, -0.2) is 5.84 Å². The third-order valence-corrected chi connectivity index (χ3v) is 2.35. The van der Waals surface area contributed by atoms with Gasteiger partial charge < -0.3 is 5.11 Å². The zero-order chi connectivity index (χ0) is 11.5. The first-order chi connectivity index (χ1) is 7.74. The minimum atomic E-state index is -1.30.